The smallest absolute Gasteiger partial charge is 0.242 e. The molecule has 1 saturated heterocycles. The zero-order valence-electron chi connectivity index (χ0n) is 12.4. The lowest BCUT2D eigenvalue weighted by Crippen LogP contribution is -2.51. The van der Waals surface area contributed by atoms with Gasteiger partial charge in [-0.2, -0.15) is 0 Å². The van der Waals surface area contributed by atoms with Crippen molar-refractivity contribution in [3.05, 3.63) is 29.3 Å². The molecule has 0 bridgehead atoms. The maximum Gasteiger partial charge on any atom is 0.242 e. The zero-order valence-corrected chi connectivity index (χ0v) is 13.2. The highest BCUT2D eigenvalue weighted by molar-refractivity contribution is 6.30. The summed E-state index contributed by atoms with van der Waals surface area (Å²) in [4.78, 5) is 27.3. The second kappa shape index (κ2) is 8.00. The van der Waals surface area contributed by atoms with Gasteiger partial charge in [0, 0.05) is 49.9 Å². The molecule has 1 aromatic carbocycles. The molecule has 1 aromatic rings. The molecule has 1 aliphatic heterocycles. The normalized spacial score (nSPS) is 14.8. The van der Waals surface area contributed by atoms with E-state index in [0.717, 1.165) is 18.8 Å². The number of nitrogens with one attached hydrogen (secondary N) is 1. The van der Waals surface area contributed by atoms with Crippen molar-refractivity contribution in [2.75, 3.05) is 44.2 Å². The SMILES string of the molecule is NCCC(=O)NCC(=O)N1CCN(c2cccc(Cl)c2)CC1. The number of nitrogens with two attached hydrogens (primary N) is 1. The first-order valence-corrected chi connectivity index (χ1v) is 7.73. The minimum absolute atomic E-state index is 0.0377. The van der Waals surface area contributed by atoms with Crippen LogP contribution in [-0.4, -0.2) is 56.0 Å². The Bertz CT molecular complexity index is 530. The van der Waals surface area contributed by atoms with E-state index in [1.54, 1.807) is 4.90 Å². The maximum atomic E-state index is 12.0. The molecule has 22 heavy (non-hydrogen) atoms. The number of anilines is 1. The van der Waals surface area contributed by atoms with E-state index in [4.69, 9.17) is 17.3 Å². The number of hydrogen-bond donors (Lipinski definition) is 2. The van der Waals surface area contributed by atoms with Crippen molar-refractivity contribution in [2.24, 2.45) is 5.73 Å². The summed E-state index contributed by atoms with van der Waals surface area (Å²) in [6.45, 7) is 3.11. The lowest BCUT2D eigenvalue weighted by molar-refractivity contribution is -0.133. The molecule has 1 aliphatic rings. The van der Waals surface area contributed by atoms with Crippen LogP contribution in [0.15, 0.2) is 24.3 Å². The second-order valence-corrected chi connectivity index (χ2v) is 5.60. The van der Waals surface area contributed by atoms with Crippen LogP contribution < -0.4 is 16.0 Å². The quantitative estimate of drug-likeness (QED) is 0.824. The van der Waals surface area contributed by atoms with Crippen LogP contribution in [0.25, 0.3) is 0 Å². The summed E-state index contributed by atoms with van der Waals surface area (Å²) < 4.78 is 0. The number of hydrogen-bond acceptors (Lipinski definition) is 4. The van der Waals surface area contributed by atoms with E-state index in [9.17, 15) is 9.59 Å². The predicted octanol–water partition coefficient (Wildman–Crippen LogP) is 0.454. The topological polar surface area (TPSA) is 78.7 Å². The van der Waals surface area contributed by atoms with Crippen molar-refractivity contribution in [2.45, 2.75) is 6.42 Å². The van der Waals surface area contributed by atoms with Crippen LogP contribution in [0.1, 0.15) is 6.42 Å². The van der Waals surface area contributed by atoms with Crippen LogP contribution in [0.3, 0.4) is 0 Å². The third kappa shape index (κ3) is 4.61. The van der Waals surface area contributed by atoms with Gasteiger partial charge in [0.05, 0.1) is 6.54 Å². The van der Waals surface area contributed by atoms with Gasteiger partial charge in [-0.3, -0.25) is 9.59 Å². The Balaban J connectivity index is 1.79. The lowest BCUT2D eigenvalue weighted by atomic mass is 10.2. The molecule has 1 heterocycles. The third-order valence-corrected chi connectivity index (χ3v) is 3.85. The van der Waals surface area contributed by atoms with Crippen LogP contribution in [0.4, 0.5) is 5.69 Å². The molecule has 7 heteroatoms. The molecule has 120 valence electrons. The average molecular weight is 325 g/mol. The van der Waals surface area contributed by atoms with Gasteiger partial charge in [-0.15, -0.1) is 0 Å². The van der Waals surface area contributed by atoms with E-state index in [1.807, 2.05) is 24.3 Å². The highest BCUT2D eigenvalue weighted by Gasteiger charge is 2.21. The van der Waals surface area contributed by atoms with Crippen molar-refractivity contribution in [3.63, 3.8) is 0 Å². The second-order valence-electron chi connectivity index (χ2n) is 5.16. The number of carbonyl (C=O) groups excluding carboxylic acids is 2. The number of carbonyl (C=O) groups is 2. The molecule has 6 nitrogen and oxygen atoms in total. The predicted molar refractivity (Wildman–Crippen MR) is 86.9 cm³/mol. The van der Waals surface area contributed by atoms with Crippen molar-refractivity contribution >= 4 is 29.1 Å². The van der Waals surface area contributed by atoms with Crippen LogP contribution in [0.5, 0.6) is 0 Å². The summed E-state index contributed by atoms with van der Waals surface area (Å²) in [5, 5.41) is 3.30. The monoisotopic (exact) mass is 324 g/mol. The number of benzene rings is 1. The Hall–Kier alpha value is -1.79. The molecule has 0 aromatic heterocycles. The summed E-state index contributed by atoms with van der Waals surface area (Å²) >= 11 is 6.00. The fraction of sp³-hybridized carbons (Fsp3) is 0.467. The van der Waals surface area contributed by atoms with Crippen LogP contribution in [0, 0.1) is 0 Å². The van der Waals surface area contributed by atoms with Crippen LogP contribution in [-0.2, 0) is 9.59 Å². The van der Waals surface area contributed by atoms with E-state index in [-0.39, 0.29) is 24.8 Å². The molecule has 1 fully saturated rings. The van der Waals surface area contributed by atoms with Crippen molar-refractivity contribution in [1.29, 1.82) is 0 Å². The van der Waals surface area contributed by atoms with Gasteiger partial charge < -0.3 is 20.9 Å². The fourth-order valence-corrected chi connectivity index (χ4v) is 2.58. The van der Waals surface area contributed by atoms with Gasteiger partial charge >= 0.3 is 0 Å². The Labute approximate surface area is 135 Å². The molecule has 0 unspecified atom stereocenters. The van der Waals surface area contributed by atoms with Gasteiger partial charge in [-0.1, -0.05) is 17.7 Å². The molecule has 2 rings (SSSR count). The Morgan fingerprint density at radius 3 is 2.59 bits per heavy atom. The first kappa shape index (κ1) is 16.6. The van der Waals surface area contributed by atoms with Crippen molar-refractivity contribution < 1.29 is 9.59 Å². The first-order valence-electron chi connectivity index (χ1n) is 7.35. The molecule has 0 atom stereocenters. The Kier molecular flexibility index (Phi) is 6.03. The molecular formula is C15H21ClN4O2. The highest BCUT2D eigenvalue weighted by Crippen LogP contribution is 2.20. The Morgan fingerprint density at radius 1 is 1.23 bits per heavy atom. The number of halogens is 1. The van der Waals surface area contributed by atoms with E-state index in [0.29, 0.717) is 24.7 Å². The minimum Gasteiger partial charge on any atom is -0.368 e. The van der Waals surface area contributed by atoms with Crippen molar-refractivity contribution in [3.8, 4) is 0 Å². The molecule has 2 amide bonds. The van der Waals surface area contributed by atoms with E-state index in [2.05, 4.69) is 10.2 Å². The number of nitrogens with zero attached hydrogens (tertiary/aromatic N) is 2. The highest BCUT2D eigenvalue weighted by atomic mass is 35.5. The van der Waals surface area contributed by atoms with Gasteiger partial charge in [0.15, 0.2) is 0 Å². The zero-order chi connectivity index (χ0) is 15.9. The third-order valence-electron chi connectivity index (χ3n) is 3.61. The van der Waals surface area contributed by atoms with Gasteiger partial charge in [-0.05, 0) is 18.2 Å². The average Bonchev–Trinajstić information content (AvgIpc) is 2.53. The van der Waals surface area contributed by atoms with Crippen LogP contribution >= 0.6 is 11.6 Å². The summed E-state index contributed by atoms with van der Waals surface area (Å²) in [7, 11) is 0. The number of piperazine rings is 1. The van der Waals surface area contributed by atoms with Crippen LogP contribution in [0.2, 0.25) is 5.02 Å². The lowest BCUT2D eigenvalue weighted by Gasteiger charge is -2.36. The minimum atomic E-state index is -0.187. The van der Waals surface area contributed by atoms with E-state index < -0.39 is 0 Å². The molecule has 0 saturated carbocycles. The van der Waals surface area contributed by atoms with Gasteiger partial charge in [0.2, 0.25) is 11.8 Å². The number of rotatable bonds is 5. The van der Waals surface area contributed by atoms with E-state index >= 15 is 0 Å². The fourth-order valence-electron chi connectivity index (χ4n) is 2.39. The summed E-state index contributed by atoms with van der Waals surface area (Å²) in [5.74, 6) is -0.246. The summed E-state index contributed by atoms with van der Waals surface area (Å²) in [6.07, 6.45) is 0.246. The molecule has 3 N–H and O–H groups in total. The van der Waals surface area contributed by atoms with Gasteiger partial charge in [0.1, 0.15) is 0 Å². The summed E-state index contributed by atoms with van der Waals surface area (Å²) in [5.41, 5.74) is 6.35. The first-order chi connectivity index (χ1) is 10.6. The molecule has 0 aliphatic carbocycles. The van der Waals surface area contributed by atoms with Gasteiger partial charge in [-0.25, -0.2) is 0 Å². The molecule has 0 spiro atoms. The van der Waals surface area contributed by atoms with Gasteiger partial charge in [0.25, 0.3) is 0 Å². The standard InChI is InChI=1S/C15H21ClN4O2/c16-12-2-1-3-13(10-12)19-6-8-20(9-7-19)15(22)11-18-14(21)4-5-17/h1-3,10H,4-9,11,17H2,(H,18,21). The largest absolute Gasteiger partial charge is 0.368 e. The van der Waals surface area contributed by atoms with E-state index in [1.165, 1.54) is 0 Å². The molecule has 0 radical (unpaired) electrons. The maximum absolute atomic E-state index is 12.0. The molecular weight excluding hydrogens is 304 g/mol. The number of amides is 2. The van der Waals surface area contributed by atoms with Crippen molar-refractivity contribution in [1.82, 2.24) is 10.2 Å². The summed E-state index contributed by atoms with van der Waals surface area (Å²) in [6, 6.07) is 7.69. The Morgan fingerprint density at radius 2 is 1.95 bits per heavy atom.